The van der Waals surface area contributed by atoms with Gasteiger partial charge in [0.25, 0.3) is 0 Å². The lowest BCUT2D eigenvalue weighted by atomic mass is 9.98. The van der Waals surface area contributed by atoms with E-state index in [0.717, 1.165) is 0 Å². The summed E-state index contributed by atoms with van der Waals surface area (Å²) in [7, 11) is 0. The molecule has 0 aromatic carbocycles. The summed E-state index contributed by atoms with van der Waals surface area (Å²) in [6.45, 7) is -1.75. The SMILES string of the molecule is [N-]=[N+]=NCC(=O)C(=O)[C@H](O)[C@@H](O)[C@@H](O)[C@H](O)CO. The number of ketones is 2. The maximum Gasteiger partial charge on any atom is 0.229 e. The lowest BCUT2D eigenvalue weighted by molar-refractivity contribution is -0.153. The first kappa shape index (κ1) is 16.4. The van der Waals surface area contributed by atoms with Crippen LogP contribution in [-0.2, 0) is 9.59 Å². The molecule has 0 saturated heterocycles. The van der Waals surface area contributed by atoms with Crippen LogP contribution in [0.25, 0.3) is 10.4 Å². The zero-order valence-electron chi connectivity index (χ0n) is 9.12. The molecule has 0 aromatic heterocycles. The van der Waals surface area contributed by atoms with Crippen molar-refractivity contribution in [1.29, 1.82) is 0 Å². The molecule has 0 unspecified atom stereocenters. The van der Waals surface area contributed by atoms with Gasteiger partial charge < -0.3 is 25.5 Å². The first-order valence-corrected chi connectivity index (χ1v) is 4.77. The molecule has 10 heteroatoms. The fourth-order valence-electron chi connectivity index (χ4n) is 1.02. The standard InChI is InChI=1S/C8H13N3O7/c9-11-10-1-3(13)5(15)7(17)8(18)6(16)4(14)2-12/h4,6-8,12,14,16-18H,1-2H2/t4-,6+,7+,8+/m1/s1. The maximum absolute atomic E-state index is 11.2. The van der Waals surface area contributed by atoms with Crippen molar-refractivity contribution in [3.8, 4) is 0 Å². The number of hydrogen-bond donors (Lipinski definition) is 5. The Hall–Kier alpha value is -1.55. The zero-order valence-corrected chi connectivity index (χ0v) is 9.12. The molecule has 0 heterocycles. The molecule has 10 nitrogen and oxygen atoms in total. The number of carbonyl (C=O) groups is 2. The molecule has 0 aliphatic heterocycles. The van der Waals surface area contributed by atoms with Crippen molar-refractivity contribution in [3.63, 3.8) is 0 Å². The molecule has 0 rings (SSSR count). The highest BCUT2D eigenvalue weighted by Gasteiger charge is 2.36. The Labute approximate surface area is 101 Å². The Kier molecular flexibility index (Phi) is 7.05. The van der Waals surface area contributed by atoms with Gasteiger partial charge in [0.15, 0.2) is 0 Å². The lowest BCUT2D eigenvalue weighted by Crippen LogP contribution is -2.50. The Morgan fingerprint density at radius 3 is 2.17 bits per heavy atom. The third-order valence-corrected chi connectivity index (χ3v) is 2.08. The van der Waals surface area contributed by atoms with Crippen LogP contribution in [0.5, 0.6) is 0 Å². The summed E-state index contributed by atoms with van der Waals surface area (Å²) in [6.07, 6.45) is -8.24. The first-order valence-electron chi connectivity index (χ1n) is 4.77. The van der Waals surface area contributed by atoms with Crippen molar-refractivity contribution in [2.45, 2.75) is 24.4 Å². The summed E-state index contributed by atoms with van der Waals surface area (Å²) in [5, 5.41) is 48.0. The monoisotopic (exact) mass is 263 g/mol. The molecule has 0 spiro atoms. The van der Waals surface area contributed by atoms with Gasteiger partial charge in [-0.3, -0.25) is 9.59 Å². The molecule has 18 heavy (non-hydrogen) atoms. The van der Waals surface area contributed by atoms with Crippen molar-refractivity contribution >= 4 is 11.6 Å². The zero-order chi connectivity index (χ0) is 14.3. The molecule has 0 radical (unpaired) electrons. The number of azide groups is 1. The van der Waals surface area contributed by atoms with E-state index >= 15 is 0 Å². The van der Waals surface area contributed by atoms with E-state index in [4.69, 9.17) is 15.7 Å². The Balaban J connectivity index is 4.62. The van der Waals surface area contributed by atoms with Crippen LogP contribution in [0, 0.1) is 0 Å². The van der Waals surface area contributed by atoms with Crippen LogP contribution >= 0.6 is 0 Å². The fourth-order valence-corrected chi connectivity index (χ4v) is 1.02. The van der Waals surface area contributed by atoms with E-state index in [2.05, 4.69) is 10.0 Å². The van der Waals surface area contributed by atoms with Crippen molar-refractivity contribution in [3.05, 3.63) is 10.4 Å². The van der Waals surface area contributed by atoms with E-state index < -0.39 is 49.1 Å². The van der Waals surface area contributed by atoms with E-state index in [1.165, 1.54) is 0 Å². The van der Waals surface area contributed by atoms with E-state index in [9.17, 15) is 24.9 Å². The quantitative estimate of drug-likeness (QED) is 0.132. The van der Waals surface area contributed by atoms with Crippen LogP contribution in [0.3, 0.4) is 0 Å². The van der Waals surface area contributed by atoms with Gasteiger partial charge in [-0.1, -0.05) is 5.11 Å². The van der Waals surface area contributed by atoms with E-state index in [1.54, 1.807) is 0 Å². The fraction of sp³-hybridized carbons (Fsp3) is 0.750. The molecule has 0 aliphatic rings. The number of nitrogens with zero attached hydrogens (tertiary/aromatic N) is 3. The number of Topliss-reactive ketones (excluding diaryl/α,β-unsaturated/α-hetero) is 2. The Morgan fingerprint density at radius 2 is 1.72 bits per heavy atom. The van der Waals surface area contributed by atoms with Crippen LogP contribution < -0.4 is 0 Å². The predicted octanol–water partition coefficient (Wildman–Crippen LogP) is -3.13. The Bertz CT molecular complexity index is 355. The van der Waals surface area contributed by atoms with Crippen molar-refractivity contribution in [2.75, 3.05) is 13.2 Å². The average molecular weight is 263 g/mol. The summed E-state index contributed by atoms with van der Waals surface area (Å²) < 4.78 is 0. The number of carbonyl (C=O) groups excluding carboxylic acids is 2. The maximum atomic E-state index is 11.2. The van der Waals surface area contributed by atoms with Crippen molar-refractivity contribution < 1.29 is 35.1 Å². The highest BCUT2D eigenvalue weighted by Crippen LogP contribution is 2.06. The lowest BCUT2D eigenvalue weighted by Gasteiger charge is -2.24. The number of aliphatic hydroxyl groups is 5. The molecule has 0 bridgehead atoms. The number of hydrogen-bond acceptors (Lipinski definition) is 8. The normalized spacial score (nSPS) is 17.2. The number of rotatable bonds is 8. The minimum absolute atomic E-state index is 0.836. The molecule has 0 fully saturated rings. The third kappa shape index (κ3) is 4.37. The molecule has 0 aromatic rings. The molecule has 0 saturated carbocycles. The van der Waals surface area contributed by atoms with Gasteiger partial charge in [-0.15, -0.1) is 0 Å². The Morgan fingerprint density at radius 1 is 1.17 bits per heavy atom. The van der Waals surface area contributed by atoms with Crippen LogP contribution in [0.15, 0.2) is 5.11 Å². The third-order valence-electron chi connectivity index (χ3n) is 2.08. The molecule has 0 amide bonds. The van der Waals surface area contributed by atoms with Gasteiger partial charge in [-0.25, -0.2) is 0 Å². The first-order chi connectivity index (χ1) is 8.36. The second kappa shape index (κ2) is 7.71. The van der Waals surface area contributed by atoms with E-state index in [0.29, 0.717) is 0 Å². The molecular weight excluding hydrogens is 250 g/mol. The van der Waals surface area contributed by atoms with Gasteiger partial charge in [0.05, 0.1) is 13.2 Å². The minimum Gasteiger partial charge on any atom is -0.394 e. The molecule has 0 aliphatic carbocycles. The molecule has 102 valence electrons. The van der Waals surface area contributed by atoms with E-state index in [1.807, 2.05) is 0 Å². The van der Waals surface area contributed by atoms with Crippen molar-refractivity contribution in [2.24, 2.45) is 5.11 Å². The van der Waals surface area contributed by atoms with Crippen LogP contribution in [-0.4, -0.2) is 74.7 Å². The summed E-state index contributed by atoms with van der Waals surface area (Å²) in [6, 6.07) is 0. The summed E-state index contributed by atoms with van der Waals surface area (Å²) in [5.74, 6) is -2.73. The van der Waals surface area contributed by atoms with Gasteiger partial charge >= 0.3 is 0 Å². The average Bonchev–Trinajstić information content (AvgIpc) is 2.40. The van der Waals surface area contributed by atoms with Gasteiger partial charge in [-0.05, 0) is 5.53 Å². The molecular formula is C8H13N3O7. The van der Waals surface area contributed by atoms with Gasteiger partial charge in [0, 0.05) is 4.91 Å². The van der Waals surface area contributed by atoms with Gasteiger partial charge in [0.2, 0.25) is 11.6 Å². The summed E-state index contributed by atoms with van der Waals surface area (Å²) in [5.41, 5.74) is 7.92. The summed E-state index contributed by atoms with van der Waals surface area (Å²) >= 11 is 0. The highest BCUT2D eigenvalue weighted by molar-refractivity contribution is 6.39. The predicted molar refractivity (Wildman–Crippen MR) is 55.1 cm³/mol. The van der Waals surface area contributed by atoms with Crippen LogP contribution in [0.4, 0.5) is 0 Å². The van der Waals surface area contributed by atoms with Crippen molar-refractivity contribution in [1.82, 2.24) is 0 Å². The smallest absolute Gasteiger partial charge is 0.229 e. The highest BCUT2D eigenvalue weighted by atomic mass is 16.4. The van der Waals surface area contributed by atoms with Crippen LogP contribution in [0.2, 0.25) is 0 Å². The van der Waals surface area contributed by atoms with Gasteiger partial charge in [-0.2, -0.15) is 0 Å². The largest absolute Gasteiger partial charge is 0.394 e. The van der Waals surface area contributed by atoms with Gasteiger partial charge in [0.1, 0.15) is 24.4 Å². The second-order valence-corrected chi connectivity index (χ2v) is 3.35. The van der Waals surface area contributed by atoms with Crippen LogP contribution in [0.1, 0.15) is 0 Å². The topological polar surface area (TPSA) is 184 Å². The second-order valence-electron chi connectivity index (χ2n) is 3.35. The summed E-state index contributed by atoms with van der Waals surface area (Å²) in [4.78, 5) is 24.5. The van der Waals surface area contributed by atoms with E-state index in [-0.39, 0.29) is 0 Å². The molecule has 4 atom stereocenters. The molecule has 5 N–H and O–H groups in total. The minimum atomic E-state index is -2.29. The number of aliphatic hydroxyl groups excluding tert-OH is 5.